The molecule has 0 unspecified atom stereocenters. The van der Waals surface area contributed by atoms with Crippen molar-refractivity contribution in [3.05, 3.63) is 0 Å². The van der Waals surface area contributed by atoms with Gasteiger partial charge in [0.15, 0.2) is 0 Å². The molecule has 2 heterocycles. The average molecular weight is 227 g/mol. The summed E-state index contributed by atoms with van der Waals surface area (Å²) in [7, 11) is 0. The number of carbonyl (C=O) groups excluding carboxylic acids is 1. The van der Waals surface area contributed by atoms with Crippen molar-refractivity contribution in [2.75, 3.05) is 45.8 Å². The second-order valence-corrected chi connectivity index (χ2v) is 4.66. The number of amides is 1. The van der Waals surface area contributed by atoms with Crippen LogP contribution in [0.2, 0.25) is 0 Å². The first-order valence-electron chi connectivity index (χ1n) is 6.14. The number of nitrogens with one attached hydrogen (secondary N) is 1. The minimum Gasteiger partial charge on any atom is -0.391 e. The number of hydrogen-bond acceptors (Lipinski definition) is 4. The predicted molar refractivity (Wildman–Crippen MR) is 61.1 cm³/mol. The fourth-order valence-corrected chi connectivity index (χ4v) is 2.32. The van der Waals surface area contributed by atoms with Crippen LogP contribution in [0.3, 0.4) is 0 Å². The molecule has 2 aliphatic heterocycles. The molecule has 0 spiro atoms. The van der Waals surface area contributed by atoms with Crippen LogP contribution in [0.5, 0.6) is 0 Å². The molecule has 2 fully saturated rings. The summed E-state index contributed by atoms with van der Waals surface area (Å²) >= 11 is 0. The van der Waals surface area contributed by atoms with E-state index in [0.717, 1.165) is 39.0 Å². The topological polar surface area (TPSA) is 55.8 Å². The Balaban J connectivity index is 1.77. The van der Waals surface area contributed by atoms with Gasteiger partial charge in [-0.2, -0.15) is 0 Å². The van der Waals surface area contributed by atoms with Crippen molar-refractivity contribution in [3.63, 3.8) is 0 Å². The summed E-state index contributed by atoms with van der Waals surface area (Å²) < 4.78 is 0. The van der Waals surface area contributed by atoms with Gasteiger partial charge >= 0.3 is 0 Å². The van der Waals surface area contributed by atoms with E-state index in [1.807, 2.05) is 0 Å². The van der Waals surface area contributed by atoms with Gasteiger partial charge in [0.25, 0.3) is 0 Å². The standard InChI is InChI=1S/C11H21N3O2/c15-10-2-6-14(8-10)11(16)9-13-5-1-3-12-4-7-13/h10,12,15H,1-9H2/t10-/m0/s1. The fourth-order valence-electron chi connectivity index (χ4n) is 2.32. The Hall–Kier alpha value is -0.650. The molecule has 0 radical (unpaired) electrons. The van der Waals surface area contributed by atoms with Gasteiger partial charge in [-0.05, 0) is 25.9 Å². The zero-order chi connectivity index (χ0) is 11.4. The van der Waals surface area contributed by atoms with Gasteiger partial charge in [-0.15, -0.1) is 0 Å². The lowest BCUT2D eigenvalue weighted by Crippen LogP contribution is -2.40. The summed E-state index contributed by atoms with van der Waals surface area (Å²) in [6, 6.07) is 0. The van der Waals surface area contributed by atoms with E-state index < -0.39 is 0 Å². The van der Waals surface area contributed by atoms with E-state index >= 15 is 0 Å². The minimum atomic E-state index is -0.310. The van der Waals surface area contributed by atoms with E-state index in [9.17, 15) is 9.90 Å². The molecule has 0 bridgehead atoms. The molecule has 2 aliphatic rings. The number of rotatable bonds is 2. The Morgan fingerprint density at radius 3 is 2.94 bits per heavy atom. The highest BCUT2D eigenvalue weighted by atomic mass is 16.3. The lowest BCUT2D eigenvalue weighted by Gasteiger charge is -2.22. The molecule has 5 heteroatoms. The molecule has 2 rings (SSSR count). The second kappa shape index (κ2) is 5.61. The molecular weight excluding hydrogens is 206 g/mol. The Morgan fingerprint density at radius 1 is 1.31 bits per heavy atom. The van der Waals surface area contributed by atoms with Crippen molar-refractivity contribution < 1.29 is 9.90 Å². The Labute approximate surface area is 96.4 Å². The van der Waals surface area contributed by atoms with Crippen LogP contribution in [0.1, 0.15) is 12.8 Å². The third-order valence-corrected chi connectivity index (χ3v) is 3.31. The van der Waals surface area contributed by atoms with Crippen molar-refractivity contribution in [3.8, 4) is 0 Å². The van der Waals surface area contributed by atoms with Crippen LogP contribution in [0, 0.1) is 0 Å². The first-order chi connectivity index (χ1) is 7.75. The van der Waals surface area contributed by atoms with Crippen LogP contribution < -0.4 is 5.32 Å². The maximum atomic E-state index is 11.9. The van der Waals surface area contributed by atoms with Crippen molar-refractivity contribution in [2.45, 2.75) is 18.9 Å². The Morgan fingerprint density at radius 2 is 2.19 bits per heavy atom. The van der Waals surface area contributed by atoms with Crippen LogP contribution in [-0.4, -0.2) is 72.7 Å². The molecule has 1 amide bonds. The number of nitrogens with zero attached hydrogens (tertiary/aromatic N) is 2. The third-order valence-electron chi connectivity index (χ3n) is 3.31. The number of hydrogen-bond donors (Lipinski definition) is 2. The van der Waals surface area contributed by atoms with Crippen molar-refractivity contribution >= 4 is 5.91 Å². The molecule has 2 N–H and O–H groups in total. The van der Waals surface area contributed by atoms with Crippen LogP contribution in [-0.2, 0) is 4.79 Å². The average Bonchev–Trinajstić information content (AvgIpc) is 2.54. The van der Waals surface area contributed by atoms with Gasteiger partial charge in [0.1, 0.15) is 0 Å². The number of aliphatic hydroxyl groups excluding tert-OH is 1. The lowest BCUT2D eigenvalue weighted by molar-refractivity contribution is -0.131. The third kappa shape index (κ3) is 3.17. The van der Waals surface area contributed by atoms with E-state index in [1.54, 1.807) is 4.90 Å². The van der Waals surface area contributed by atoms with Crippen LogP contribution in [0.4, 0.5) is 0 Å². The summed E-state index contributed by atoms with van der Waals surface area (Å²) in [6.45, 7) is 5.70. The summed E-state index contributed by atoms with van der Waals surface area (Å²) in [6.07, 6.45) is 1.53. The van der Waals surface area contributed by atoms with Gasteiger partial charge in [0.05, 0.1) is 12.6 Å². The summed E-state index contributed by atoms with van der Waals surface area (Å²) in [4.78, 5) is 15.9. The van der Waals surface area contributed by atoms with Crippen LogP contribution in [0.25, 0.3) is 0 Å². The van der Waals surface area contributed by atoms with Gasteiger partial charge < -0.3 is 15.3 Å². The molecule has 0 aromatic heterocycles. The van der Waals surface area contributed by atoms with Gasteiger partial charge in [-0.1, -0.05) is 0 Å². The van der Waals surface area contributed by atoms with Crippen molar-refractivity contribution in [2.24, 2.45) is 0 Å². The fraction of sp³-hybridized carbons (Fsp3) is 0.909. The zero-order valence-electron chi connectivity index (χ0n) is 9.69. The monoisotopic (exact) mass is 227 g/mol. The molecule has 0 aromatic rings. The quantitative estimate of drug-likeness (QED) is 0.627. The SMILES string of the molecule is O=C(CN1CCCNCC1)N1CC[C@H](O)C1. The minimum absolute atomic E-state index is 0.165. The molecule has 16 heavy (non-hydrogen) atoms. The summed E-state index contributed by atoms with van der Waals surface area (Å²) in [5.41, 5.74) is 0. The number of likely N-dealkylation sites (tertiary alicyclic amines) is 1. The smallest absolute Gasteiger partial charge is 0.236 e. The van der Waals surface area contributed by atoms with Gasteiger partial charge in [-0.25, -0.2) is 0 Å². The van der Waals surface area contributed by atoms with Crippen molar-refractivity contribution in [1.29, 1.82) is 0 Å². The van der Waals surface area contributed by atoms with Gasteiger partial charge in [-0.3, -0.25) is 9.69 Å². The maximum absolute atomic E-state index is 11.9. The van der Waals surface area contributed by atoms with E-state index in [4.69, 9.17) is 0 Å². The molecule has 0 aliphatic carbocycles. The summed E-state index contributed by atoms with van der Waals surface area (Å²) in [5.74, 6) is 0.165. The lowest BCUT2D eigenvalue weighted by atomic mass is 10.3. The molecule has 2 saturated heterocycles. The number of carbonyl (C=O) groups is 1. The summed E-state index contributed by atoms with van der Waals surface area (Å²) in [5, 5.41) is 12.7. The maximum Gasteiger partial charge on any atom is 0.236 e. The zero-order valence-corrected chi connectivity index (χ0v) is 9.69. The molecular formula is C11H21N3O2. The largest absolute Gasteiger partial charge is 0.391 e. The highest BCUT2D eigenvalue weighted by molar-refractivity contribution is 5.78. The molecule has 1 atom stereocenters. The first kappa shape index (κ1) is 11.8. The molecule has 5 nitrogen and oxygen atoms in total. The molecule has 0 aromatic carbocycles. The number of aliphatic hydroxyl groups is 1. The highest BCUT2D eigenvalue weighted by Gasteiger charge is 2.25. The van der Waals surface area contributed by atoms with Crippen molar-refractivity contribution in [1.82, 2.24) is 15.1 Å². The van der Waals surface area contributed by atoms with E-state index in [2.05, 4.69) is 10.2 Å². The normalized spacial score (nSPS) is 28.1. The first-order valence-corrected chi connectivity index (χ1v) is 6.14. The Kier molecular flexibility index (Phi) is 4.15. The van der Waals surface area contributed by atoms with Gasteiger partial charge in [0.2, 0.25) is 5.91 Å². The van der Waals surface area contributed by atoms with E-state index in [1.165, 1.54) is 0 Å². The second-order valence-electron chi connectivity index (χ2n) is 4.66. The van der Waals surface area contributed by atoms with Crippen LogP contribution in [0.15, 0.2) is 0 Å². The van der Waals surface area contributed by atoms with Gasteiger partial charge in [0, 0.05) is 26.2 Å². The number of β-amino-alcohol motifs (C(OH)–C–C–N with tert-alkyl or cyclic N) is 1. The Bertz CT molecular complexity index is 239. The molecule has 0 saturated carbocycles. The predicted octanol–water partition coefficient (Wildman–Crippen LogP) is -1.13. The van der Waals surface area contributed by atoms with E-state index in [0.29, 0.717) is 19.6 Å². The van der Waals surface area contributed by atoms with Crippen LogP contribution >= 0.6 is 0 Å². The molecule has 92 valence electrons. The van der Waals surface area contributed by atoms with E-state index in [-0.39, 0.29) is 12.0 Å². The highest BCUT2D eigenvalue weighted by Crippen LogP contribution is 2.09.